The quantitative estimate of drug-likeness (QED) is 0.827. The van der Waals surface area contributed by atoms with Gasteiger partial charge in [-0.05, 0) is 38.1 Å². The summed E-state index contributed by atoms with van der Waals surface area (Å²) < 4.78 is 5.52. The van der Waals surface area contributed by atoms with E-state index in [0.717, 1.165) is 5.39 Å². The molecule has 0 spiro atoms. The van der Waals surface area contributed by atoms with E-state index in [1.807, 2.05) is 0 Å². The van der Waals surface area contributed by atoms with E-state index in [1.165, 1.54) is 4.90 Å². The van der Waals surface area contributed by atoms with Crippen LogP contribution in [-0.4, -0.2) is 35.1 Å². The molecule has 1 aromatic carbocycles. The Morgan fingerprint density at radius 2 is 2.11 bits per heavy atom. The van der Waals surface area contributed by atoms with Crippen molar-refractivity contribution < 1.29 is 14.3 Å². The van der Waals surface area contributed by atoms with Crippen LogP contribution in [0.1, 0.15) is 24.4 Å². The van der Waals surface area contributed by atoms with Crippen LogP contribution in [0.2, 0.25) is 0 Å². The standard InChI is InChI=1S/C14H18N2O3/c1-14(2,8-17)16(3)13(18)12-7-9-6-10(15)4-5-11(9)19-12/h4-7,17H,8,15H2,1-3H3. The van der Waals surface area contributed by atoms with Crippen molar-refractivity contribution in [1.82, 2.24) is 4.90 Å². The molecule has 102 valence electrons. The van der Waals surface area contributed by atoms with Crippen molar-refractivity contribution in [2.24, 2.45) is 0 Å². The number of carbonyl (C=O) groups excluding carboxylic acids is 1. The zero-order chi connectivity index (χ0) is 14.2. The molecule has 1 amide bonds. The summed E-state index contributed by atoms with van der Waals surface area (Å²) in [5.74, 6) is -0.0292. The van der Waals surface area contributed by atoms with Gasteiger partial charge in [-0.2, -0.15) is 0 Å². The van der Waals surface area contributed by atoms with E-state index in [-0.39, 0.29) is 18.3 Å². The average Bonchev–Trinajstić information content (AvgIpc) is 2.79. The Kier molecular flexibility index (Phi) is 3.24. The molecule has 0 saturated heterocycles. The minimum atomic E-state index is -0.644. The first kappa shape index (κ1) is 13.4. The Morgan fingerprint density at radius 1 is 1.42 bits per heavy atom. The third kappa shape index (κ3) is 2.42. The summed E-state index contributed by atoms with van der Waals surface area (Å²) in [5, 5.41) is 10.1. The first-order valence-corrected chi connectivity index (χ1v) is 6.03. The minimum Gasteiger partial charge on any atom is -0.451 e. The zero-order valence-corrected chi connectivity index (χ0v) is 11.3. The Morgan fingerprint density at radius 3 is 2.74 bits per heavy atom. The number of aliphatic hydroxyl groups excluding tert-OH is 1. The van der Waals surface area contributed by atoms with Crippen LogP contribution >= 0.6 is 0 Å². The van der Waals surface area contributed by atoms with Gasteiger partial charge in [0.05, 0.1) is 12.1 Å². The molecule has 1 aromatic heterocycles. The van der Waals surface area contributed by atoms with Crippen LogP contribution in [0.4, 0.5) is 5.69 Å². The lowest BCUT2D eigenvalue weighted by Gasteiger charge is -2.33. The number of carbonyl (C=O) groups is 1. The molecule has 5 nitrogen and oxygen atoms in total. The summed E-state index contributed by atoms with van der Waals surface area (Å²) in [6.45, 7) is 3.44. The lowest BCUT2D eigenvalue weighted by atomic mass is 10.0. The van der Waals surface area contributed by atoms with Gasteiger partial charge in [0.15, 0.2) is 5.76 Å². The largest absolute Gasteiger partial charge is 0.451 e. The van der Waals surface area contributed by atoms with E-state index in [1.54, 1.807) is 45.2 Å². The van der Waals surface area contributed by atoms with Crippen molar-refractivity contribution in [2.45, 2.75) is 19.4 Å². The fourth-order valence-electron chi connectivity index (χ4n) is 1.71. The van der Waals surface area contributed by atoms with Gasteiger partial charge in [0.25, 0.3) is 5.91 Å². The van der Waals surface area contributed by atoms with Crippen LogP contribution in [-0.2, 0) is 0 Å². The number of hydrogen-bond donors (Lipinski definition) is 2. The second-order valence-corrected chi connectivity index (χ2v) is 5.24. The maximum Gasteiger partial charge on any atom is 0.289 e. The lowest BCUT2D eigenvalue weighted by molar-refractivity contribution is 0.0446. The molecule has 0 bridgehead atoms. The number of benzene rings is 1. The predicted octanol–water partition coefficient (Wildman–Crippen LogP) is 1.86. The number of furan rings is 1. The number of nitrogens with zero attached hydrogens (tertiary/aromatic N) is 1. The number of nitrogens with two attached hydrogens (primary N) is 1. The summed E-state index contributed by atoms with van der Waals surface area (Å²) in [5.41, 5.74) is 6.29. The topological polar surface area (TPSA) is 79.7 Å². The summed E-state index contributed by atoms with van der Waals surface area (Å²) in [6, 6.07) is 6.88. The van der Waals surface area contributed by atoms with E-state index in [0.29, 0.717) is 11.3 Å². The Hall–Kier alpha value is -2.01. The molecule has 0 aliphatic carbocycles. The van der Waals surface area contributed by atoms with Gasteiger partial charge in [-0.15, -0.1) is 0 Å². The Bertz CT molecular complexity index is 616. The molecule has 0 aliphatic rings. The fourth-order valence-corrected chi connectivity index (χ4v) is 1.71. The molecule has 1 heterocycles. The van der Waals surface area contributed by atoms with E-state index < -0.39 is 5.54 Å². The van der Waals surface area contributed by atoms with Gasteiger partial charge in [-0.1, -0.05) is 0 Å². The highest BCUT2D eigenvalue weighted by atomic mass is 16.3. The summed E-state index contributed by atoms with van der Waals surface area (Å²) >= 11 is 0. The first-order valence-electron chi connectivity index (χ1n) is 6.03. The highest BCUT2D eigenvalue weighted by Crippen LogP contribution is 2.24. The molecular formula is C14H18N2O3. The van der Waals surface area contributed by atoms with E-state index in [2.05, 4.69) is 0 Å². The molecule has 0 unspecified atom stereocenters. The third-order valence-corrected chi connectivity index (χ3v) is 3.35. The van der Waals surface area contributed by atoms with Crippen molar-refractivity contribution in [3.8, 4) is 0 Å². The number of fused-ring (bicyclic) bond motifs is 1. The molecule has 5 heteroatoms. The molecule has 2 rings (SSSR count). The summed E-state index contributed by atoms with van der Waals surface area (Å²) in [7, 11) is 1.64. The van der Waals surface area contributed by atoms with Crippen molar-refractivity contribution in [3.05, 3.63) is 30.0 Å². The second kappa shape index (κ2) is 4.59. The number of rotatable bonds is 3. The zero-order valence-electron chi connectivity index (χ0n) is 11.3. The first-order chi connectivity index (χ1) is 8.85. The van der Waals surface area contributed by atoms with Crippen molar-refractivity contribution >= 4 is 22.6 Å². The lowest BCUT2D eigenvalue weighted by Crippen LogP contribution is -2.47. The normalized spacial score (nSPS) is 11.8. The molecule has 2 aromatic rings. The third-order valence-electron chi connectivity index (χ3n) is 3.35. The van der Waals surface area contributed by atoms with Crippen molar-refractivity contribution in [2.75, 3.05) is 19.4 Å². The minimum absolute atomic E-state index is 0.123. The monoisotopic (exact) mass is 262 g/mol. The second-order valence-electron chi connectivity index (χ2n) is 5.24. The van der Waals surface area contributed by atoms with Crippen LogP contribution in [0.15, 0.2) is 28.7 Å². The highest BCUT2D eigenvalue weighted by Gasteiger charge is 2.29. The van der Waals surface area contributed by atoms with E-state index >= 15 is 0 Å². The van der Waals surface area contributed by atoms with Crippen LogP contribution in [0.3, 0.4) is 0 Å². The molecule has 0 saturated carbocycles. The number of nitrogen functional groups attached to an aromatic ring is 1. The van der Waals surface area contributed by atoms with Gasteiger partial charge in [-0.3, -0.25) is 4.79 Å². The maximum absolute atomic E-state index is 12.3. The molecule has 3 N–H and O–H groups in total. The molecule has 0 radical (unpaired) electrons. The van der Waals surface area contributed by atoms with E-state index in [4.69, 9.17) is 10.2 Å². The Balaban J connectivity index is 2.36. The van der Waals surface area contributed by atoms with Crippen molar-refractivity contribution in [3.63, 3.8) is 0 Å². The smallest absolute Gasteiger partial charge is 0.289 e. The van der Waals surface area contributed by atoms with E-state index in [9.17, 15) is 9.90 Å². The van der Waals surface area contributed by atoms with Gasteiger partial charge >= 0.3 is 0 Å². The molecular weight excluding hydrogens is 244 g/mol. The van der Waals surface area contributed by atoms with Crippen LogP contribution in [0, 0.1) is 0 Å². The number of anilines is 1. The highest BCUT2D eigenvalue weighted by molar-refractivity contribution is 5.96. The number of aliphatic hydroxyl groups is 1. The SMILES string of the molecule is CN(C(=O)c1cc2cc(N)ccc2o1)C(C)(C)CO. The summed E-state index contributed by atoms with van der Waals surface area (Å²) in [4.78, 5) is 13.8. The van der Waals surface area contributed by atoms with Gasteiger partial charge < -0.3 is 20.2 Å². The predicted molar refractivity (Wildman–Crippen MR) is 73.9 cm³/mol. The number of likely N-dealkylation sites (N-methyl/N-ethyl adjacent to an activating group) is 1. The number of amides is 1. The maximum atomic E-state index is 12.3. The van der Waals surface area contributed by atoms with Crippen LogP contribution in [0.25, 0.3) is 11.0 Å². The fraction of sp³-hybridized carbons (Fsp3) is 0.357. The molecule has 0 fully saturated rings. The average molecular weight is 262 g/mol. The van der Waals surface area contributed by atoms with Crippen molar-refractivity contribution in [1.29, 1.82) is 0 Å². The van der Waals surface area contributed by atoms with Gasteiger partial charge in [0.1, 0.15) is 5.58 Å². The van der Waals surface area contributed by atoms with Gasteiger partial charge in [-0.25, -0.2) is 0 Å². The van der Waals surface area contributed by atoms with Gasteiger partial charge in [0, 0.05) is 18.1 Å². The number of hydrogen-bond acceptors (Lipinski definition) is 4. The molecule has 0 atom stereocenters. The summed E-state index contributed by atoms with van der Waals surface area (Å²) in [6.07, 6.45) is 0. The van der Waals surface area contributed by atoms with Gasteiger partial charge in [0.2, 0.25) is 0 Å². The van der Waals surface area contributed by atoms with Crippen LogP contribution < -0.4 is 5.73 Å². The molecule has 0 aliphatic heterocycles. The Labute approximate surface area is 111 Å². The van der Waals surface area contributed by atoms with Crippen LogP contribution in [0.5, 0.6) is 0 Å². The molecule has 19 heavy (non-hydrogen) atoms.